The standard InChI is InChI=1S/C19H22N6O2/c1-12-22-16-10-14(5-6-17(16)25(12)4)23-18(26)13-7-8-20-15(9-13)11-21-19(27)24(2)3/h5-10H,11H2,1-4H3,(H,21,27)(H,23,26). The van der Waals surface area contributed by atoms with E-state index in [1.807, 2.05) is 36.7 Å². The Labute approximate surface area is 157 Å². The van der Waals surface area contributed by atoms with Gasteiger partial charge in [-0.25, -0.2) is 9.78 Å². The fourth-order valence-electron chi connectivity index (χ4n) is 2.64. The number of carbonyl (C=O) groups is 2. The molecule has 0 unspecified atom stereocenters. The molecule has 0 aliphatic rings. The van der Waals surface area contributed by atoms with Gasteiger partial charge in [0.15, 0.2) is 0 Å². The van der Waals surface area contributed by atoms with E-state index < -0.39 is 0 Å². The highest BCUT2D eigenvalue weighted by molar-refractivity contribution is 6.05. The zero-order valence-electron chi connectivity index (χ0n) is 15.8. The molecule has 0 aliphatic heterocycles. The van der Waals surface area contributed by atoms with Crippen LogP contribution in [0.3, 0.4) is 0 Å². The topological polar surface area (TPSA) is 92.1 Å². The second-order valence-electron chi connectivity index (χ2n) is 6.46. The lowest BCUT2D eigenvalue weighted by atomic mass is 10.2. The quantitative estimate of drug-likeness (QED) is 0.741. The Bertz CT molecular complexity index is 1010. The van der Waals surface area contributed by atoms with Crippen molar-refractivity contribution in [1.82, 2.24) is 24.8 Å². The normalized spacial score (nSPS) is 10.7. The number of hydrogen-bond acceptors (Lipinski definition) is 4. The van der Waals surface area contributed by atoms with Gasteiger partial charge >= 0.3 is 6.03 Å². The van der Waals surface area contributed by atoms with E-state index >= 15 is 0 Å². The number of nitrogens with zero attached hydrogens (tertiary/aromatic N) is 4. The molecule has 0 aliphatic carbocycles. The monoisotopic (exact) mass is 366 g/mol. The van der Waals surface area contributed by atoms with Crippen molar-refractivity contribution in [3.8, 4) is 0 Å². The lowest BCUT2D eigenvalue weighted by Crippen LogP contribution is -2.34. The summed E-state index contributed by atoms with van der Waals surface area (Å²) in [6, 6.07) is 8.70. The van der Waals surface area contributed by atoms with Gasteiger partial charge in [-0.15, -0.1) is 0 Å². The fraction of sp³-hybridized carbons (Fsp3) is 0.263. The van der Waals surface area contributed by atoms with E-state index in [0.717, 1.165) is 16.9 Å². The summed E-state index contributed by atoms with van der Waals surface area (Å²) in [4.78, 5) is 34.3. The number of pyridine rings is 1. The number of amides is 3. The van der Waals surface area contributed by atoms with Crippen LogP contribution in [-0.2, 0) is 13.6 Å². The van der Waals surface area contributed by atoms with Crippen LogP contribution in [0.25, 0.3) is 11.0 Å². The molecular weight excluding hydrogens is 344 g/mol. The van der Waals surface area contributed by atoms with Gasteiger partial charge in [0.2, 0.25) is 0 Å². The van der Waals surface area contributed by atoms with Crippen LogP contribution in [0.2, 0.25) is 0 Å². The first-order valence-corrected chi connectivity index (χ1v) is 8.49. The number of imidazole rings is 1. The Balaban J connectivity index is 1.72. The van der Waals surface area contributed by atoms with E-state index in [2.05, 4.69) is 20.6 Å². The van der Waals surface area contributed by atoms with Crippen molar-refractivity contribution in [2.24, 2.45) is 7.05 Å². The molecular formula is C19H22N6O2. The molecule has 27 heavy (non-hydrogen) atoms. The molecule has 0 saturated carbocycles. The number of carbonyl (C=O) groups excluding carboxylic acids is 2. The Morgan fingerprint density at radius 3 is 2.70 bits per heavy atom. The third-order valence-electron chi connectivity index (χ3n) is 4.27. The molecule has 0 fully saturated rings. The Morgan fingerprint density at radius 1 is 1.19 bits per heavy atom. The van der Waals surface area contributed by atoms with Gasteiger partial charge in [0.05, 0.1) is 23.3 Å². The second kappa shape index (κ2) is 7.45. The Kier molecular flexibility index (Phi) is 5.07. The maximum atomic E-state index is 12.6. The first-order valence-electron chi connectivity index (χ1n) is 8.49. The highest BCUT2D eigenvalue weighted by atomic mass is 16.2. The van der Waals surface area contributed by atoms with Gasteiger partial charge in [0.1, 0.15) is 5.82 Å². The molecule has 0 spiro atoms. The van der Waals surface area contributed by atoms with Gasteiger partial charge < -0.3 is 20.1 Å². The Morgan fingerprint density at radius 2 is 1.96 bits per heavy atom. The molecule has 8 nitrogen and oxygen atoms in total. The second-order valence-corrected chi connectivity index (χ2v) is 6.46. The summed E-state index contributed by atoms with van der Waals surface area (Å²) in [6.07, 6.45) is 1.55. The van der Waals surface area contributed by atoms with Crippen LogP contribution < -0.4 is 10.6 Å². The number of hydrogen-bond donors (Lipinski definition) is 2. The molecule has 8 heteroatoms. The van der Waals surface area contributed by atoms with E-state index in [1.165, 1.54) is 4.90 Å². The molecule has 1 aromatic carbocycles. The predicted octanol–water partition coefficient (Wildman–Crippen LogP) is 2.30. The van der Waals surface area contributed by atoms with Gasteiger partial charge in [-0.3, -0.25) is 9.78 Å². The number of anilines is 1. The molecule has 3 aromatic rings. The van der Waals surface area contributed by atoms with Crippen molar-refractivity contribution in [2.75, 3.05) is 19.4 Å². The highest BCUT2D eigenvalue weighted by Crippen LogP contribution is 2.20. The van der Waals surface area contributed by atoms with Crippen molar-refractivity contribution >= 4 is 28.7 Å². The van der Waals surface area contributed by atoms with E-state index in [9.17, 15) is 9.59 Å². The van der Waals surface area contributed by atoms with Gasteiger partial charge in [0.25, 0.3) is 5.91 Å². The minimum atomic E-state index is -0.246. The van der Waals surface area contributed by atoms with Crippen LogP contribution in [0, 0.1) is 6.92 Å². The molecule has 0 radical (unpaired) electrons. The summed E-state index contributed by atoms with van der Waals surface area (Å²) in [6.45, 7) is 2.18. The molecule has 0 bridgehead atoms. The molecule has 2 aromatic heterocycles. The summed E-state index contributed by atoms with van der Waals surface area (Å²) >= 11 is 0. The zero-order valence-corrected chi connectivity index (χ0v) is 15.8. The SMILES string of the molecule is Cc1nc2cc(NC(=O)c3ccnc(CNC(=O)N(C)C)c3)ccc2n1C. The molecule has 2 heterocycles. The summed E-state index contributed by atoms with van der Waals surface area (Å²) < 4.78 is 2.00. The first kappa shape index (κ1) is 18.4. The average Bonchev–Trinajstić information content (AvgIpc) is 2.93. The van der Waals surface area contributed by atoms with E-state index in [4.69, 9.17) is 0 Å². The minimum absolute atomic E-state index is 0.217. The van der Waals surface area contributed by atoms with Crippen molar-refractivity contribution in [1.29, 1.82) is 0 Å². The molecule has 0 saturated heterocycles. The summed E-state index contributed by atoms with van der Waals surface area (Å²) in [7, 11) is 5.27. The Hall–Kier alpha value is -3.42. The average molecular weight is 366 g/mol. The number of fused-ring (bicyclic) bond motifs is 1. The first-order chi connectivity index (χ1) is 12.8. The molecule has 2 N–H and O–H groups in total. The van der Waals surface area contributed by atoms with Gasteiger partial charge in [-0.2, -0.15) is 0 Å². The van der Waals surface area contributed by atoms with E-state index in [1.54, 1.807) is 32.4 Å². The van der Waals surface area contributed by atoms with Crippen LogP contribution in [-0.4, -0.2) is 45.5 Å². The van der Waals surface area contributed by atoms with E-state index in [-0.39, 0.29) is 18.5 Å². The number of urea groups is 1. The fourth-order valence-corrected chi connectivity index (χ4v) is 2.64. The molecule has 3 rings (SSSR count). The van der Waals surface area contributed by atoms with Crippen molar-refractivity contribution in [3.05, 3.63) is 53.6 Å². The summed E-state index contributed by atoms with van der Waals surface area (Å²) in [5, 5.41) is 5.60. The number of nitrogens with one attached hydrogen (secondary N) is 2. The van der Waals surface area contributed by atoms with Crippen LogP contribution in [0.4, 0.5) is 10.5 Å². The van der Waals surface area contributed by atoms with Crippen LogP contribution >= 0.6 is 0 Å². The predicted molar refractivity (Wildman–Crippen MR) is 104 cm³/mol. The zero-order chi connectivity index (χ0) is 19.6. The third kappa shape index (κ3) is 4.05. The van der Waals surface area contributed by atoms with Crippen LogP contribution in [0.5, 0.6) is 0 Å². The maximum Gasteiger partial charge on any atom is 0.317 e. The van der Waals surface area contributed by atoms with Gasteiger partial charge in [-0.1, -0.05) is 0 Å². The minimum Gasteiger partial charge on any atom is -0.332 e. The van der Waals surface area contributed by atoms with Crippen LogP contribution in [0.1, 0.15) is 21.9 Å². The maximum absolute atomic E-state index is 12.6. The highest BCUT2D eigenvalue weighted by Gasteiger charge is 2.11. The largest absolute Gasteiger partial charge is 0.332 e. The van der Waals surface area contributed by atoms with Gasteiger partial charge in [0, 0.05) is 38.6 Å². The number of aryl methyl sites for hydroxylation is 2. The molecule has 140 valence electrons. The summed E-state index contributed by atoms with van der Waals surface area (Å²) in [5.41, 5.74) is 3.58. The smallest absolute Gasteiger partial charge is 0.317 e. The van der Waals surface area contributed by atoms with Crippen molar-refractivity contribution in [2.45, 2.75) is 13.5 Å². The van der Waals surface area contributed by atoms with E-state index in [0.29, 0.717) is 16.9 Å². The number of rotatable bonds is 4. The number of aromatic nitrogens is 3. The van der Waals surface area contributed by atoms with Crippen LogP contribution in [0.15, 0.2) is 36.5 Å². The number of benzene rings is 1. The third-order valence-corrected chi connectivity index (χ3v) is 4.27. The van der Waals surface area contributed by atoms with Crippen molar-refractivity contribution in [3.63, 3.8) is 0 Å². The molecule has 3 amide bonds. The molecule has 0 atom stereocenters. The van der Waals surface area contributed by atoms with Crippen molar-refractivity contribution < 1.29 is 9.59 Å². The lowest BCUT2D eigenvalue weighted by Gasteiger charge is -2.12. The lowest BCUT2D eigenvalue weighted by molar-refractivity contribution is 0.102. The summed E-state index contributed by atoms with van der Waals surface area (Å²) in [5.74, 6) is 0.664. The van der Waals surface area contributed by atoms with Gasteiger partial charge in [-0.05, 0) is 37.3 Å².